The Kier molecular flexibility index (Phi) is 5.65. The summed E-state index contributed by atoms with van der Waals surface area (Å²) in [6.07, 6.45) is 0. The molecule has 0 aliphatic heterocycles. The molecule has 0 saturated heterocycles. The van der Waals surface area contributed by atoms with Crippen LogP contribution in [-0.2, 0) is 10.0 Å². The van der Waals surface area contributed by atoms with Gasteiger partial charge in [0.05, 0.1) is 10.6 Å². The predicted molar refractivity (Wildman–Crippen MR) is 125 cm³/mol. The largest absolute Gasteiger partial charge is 0.439 e. The molecule has 0 aliphatic carbocycles. The Bertz CT molecular complexity index is 1370. The number of rotatable bonds is 6. The summed E-state index contributed by atoms with van der Waals surface area (Å²) in [5.74, 6) is 0.546. The summed E-state index contributed by atoms with van der Waals surface area (Å²) in [6, 6.07) is 22.0. The molecule has 0 bridgehead atoms. The summed E-state index contributed by atoms with van der Waals surface area (Å²) in [5.41, 5.74) is 14.7. The van der Waals surface area contributed by atoms with Gasteiger partial charge in [-0.25, -0.2) is 18.1 Å². The van der Waals surface area contributed by atoms with E-state index < -0.39 is 10.0 Å². The lowest BCUT2D eigenvalue weighted by Gasteiger charge is -2.12. The van der Waals surface area contributed by atoms with Crippen LogP contribution in [0.25, 0.3) is 11.3 Å². The number of anilines is 3. The third-order valence-corrected chi connectivity index (χ3v) is 5.95. The van der Waals surface area contributed by atoms with Gasteiger partial charge in [0.2, 0.25) is 11.8 Å². The summed E-state index contributed by atoms with van der Waals surface area (Å²) in [6.45, 7) is 1.94. The fourth-order valence-corrected chi connectivity index (χ4v) is 4.04. The van der Waals surface area contributed by atoms with E-state index in [1.54, 1.807) is 42.5 Å². The van der Waals surface area contributed by atoms with Crippen LogP contribution < -0.4 is 20.9 Å². The van der Waals surface area contributed by atoms with E-state index in [0.29, 0.717) is 22.8 Å². The predicted octanol–water partition coefficient (Wildman–Crippen LogP) is 4.21. The molecule has 162 valence electrons. The topological polar surface area (TPSA) is 133 Å². The number of nitrogens with zero attached hydrogens (tertiary/aromatic N) is 2. The highest BCUT2D eigenvalue weighted by Gasteiger charge is 2.18. The van der Waals surface area contributed by atoms with Gasteiger partial charge in [-0.1, -0.05) is 30.3 Å². The van der Waals surface area contributed by atoms with Crippen molar-refractivity contribution >= 4 is 27.3 Å². The van der Waals surface area contributed by atoms with Gasteiger partial charge >= 0.3 is 0 Å². The molecule has 32 heavy (non-hydrogen) atoms. The minimum Gasteiger partial charge on any atom is -0.439 e. The molecule has 0 amide bonds. The highest BCUT2D eigenvalue weighted by molar-refractivity contribution is 7.92. The molecular weight excluding hydrogens is 426 g/mol. The highest BCUT2D eigenvalue weighted by Crippen LogP contribution is 2.29. The molecule has 4 rings (SSSR count). The highest BCUT2D eigenvalue weighted by atomic mass is 32.2. The molecule has 4 aromatic rings. The molecule has 0 aliphatic rings. The van der Waals surface area contributed by atoms with E-state index in [1.165, 1.54) is 12.1 Å². The molecule has 5 N–H and O–H groups in total. The van der Waals surface area contributed by atoms with Gasteiger partial charge in [0.1, 0.15) is 5.75 Å². The quantitative estimate of drug-likeness (QED) is 0.377. The zero-order valence-corrected chi connectivity index (χ0v) is 18.0. The number of sulfonamides is 1. The normalized spacial score (nSPS) is 11.2. The second-order valence-electron chi connectivity index (χ2n) is 7.08. The number of aromatic nitrogens is 2. The smallest absolute Gasteiger partial charge is 0.264 e. The van der Waals surface area contributed by atoms with Crippen molar-refractivity contribution in [3.63, 3.8) is 0 Å². The minimum atomic E-state index is -3.97. The molecule has 9 heteroatoms. The second-order valence-corrected chi connectivity index (χ2v) is 8.76. The number of nitrogens with one attached hydrogen (secondary N) is 1. The van der Waals surface area contributed by atoms with Gasteiger partial charge in [0.15, 0.2) is 0 Å². The molecular formula is C23H21N5O3S. The van der Waals surface area contributed by atoms with E-state index in [0.717, 1.165) is 11.1 Å². The number of hydrogen-bond acceptors (Lipinski definition) is 7. The Labute approximate surface area is 186 Å². The van der Waals surface area contributed by atoms with Crippen molar-refractivity contribution in [1.82, 2.24) is 9.97 Å². The van der Waals surface area contributed by atoms with Gasteiger partial charge < -0.3 is 16.2 Å². The van der Waals surface area contributed by atoms with Crippen LogP contribution in [-0.4, -0.2) is 18.4 Å². The van der Waals surface area contributed by atoms with Crippen LogP contribution in [0.3, 0.4) is 0 Å². The van der Waals surface area contributed by atoms with Gasteiger partial charge in [-0.15, -0.1) is 0 Å². The van der Waals surface area contributed by atoms with Crippen LogP contribution in [0.5, 0.6) is 11.6 Å². The van der Waals surface area contributed by atoms with E-state index in [-0.39, 0.29) is 16.7 Å². The first-order chi connectivity index (χ1) is 15.3. The SMILES string of the molecule is Cc1ccccc1-c1cc(Oc2ccc(N)cc2)nc(NS(=O)(=O)c2cccc(N)c2)n1. The van der Waals surface area contributed by atoms with E-state index >= 15 is 0 Å². The average Bonchev–Trinajstić information content (AvgIpc) is 2.75. The van der Waals surface area contributed by atoms with Crippen LogP contribution in [0.4, 0.5) is 17.3 Å². The maximum Gasteiger partial charge on any atom is 0.264 e. The van der Waals surface area contributed by atoms with Gasteiger partial charge in [0, 0.05) is 23.0 Å². The Morgan fingerprint density at radius 1 is 0.844 bits per heavy atom. The van der Waals surface area contributed by atoms with Crippen molar-refractivity contribution in [2.45, 2.75) is 11.8 Å². The van der Waals surface area contributed by atoms with E-state index in [4.69, 9.17) is 16.2 Å². The molecule has 8 nitrogen and oxygen atoms in total. The number of aryl methyl sites for hydroxylation is 1. The first-order valence-electron chi connectivity index (χ1n) is 9.67. The molecule has 0 radical (unpaired) electrons. The van der Waals surface area contributed by atoms with Gasteiger partial charge in [0.25, 0.3) is 10.0 Å². The molecule has 0 fully saturated rings. The fourth-order valence-electron chi connectivity index (χ4n) is 3.04. The first kappa shape index (κ1) is 21.1. The van der Waals surface area contributed by atoms with E-state index in [1.807, 2.05) is 31.2 Å². The lowest BCUT2D eigenvalue weighted by molar-refractivity contribution is 0.463. The molecule has 0 spiro atoms. The Balaban J connectivity index is 1.76. The Morgan fingerprint density at radius 2 is 1.59 bits per heavy atom. The van der Waals surface area contributed by atoms with Crippen molar-refractivity contribution in [3.8, 4) is 22.9 Å². The van der Waals surface area contributed by atoms with Crippen LogP contribution in [0.15, 0.2) is 83.8 Å². The third kappa shape index (κ3) is 4.79. The number of ether oxygens (including phenoxy) is 1. The molecule has 0 atom stereocenters. The minimum absolute atomic E-state index is 0.00315. The molecule has 1 heterocycles. The number of hydrogen-bond donors (Lipinski definition) is 3. The van der Waals surface area contributed by atoms with Crippen molar-refractivity contribution in [1.29, 1.82) is 0 Å². The maximum absolute atomic E-state index is 12.9. The number of benzene rings is 3. The lowest BCUT2D eigenvalue weighted by atomic mass is 10.1. The van der Waals surface area contributed by atoms with Crippen LogP contribution in [0, 0.1) is 6.92 Å². The zero-order valence-electron chi connectivity index (χ0n) is 17.2. The second kappa shape index (κ2) is 8.56. The van der Waals surface area contributed by atoms with Gasteiger partial charge in [-0.2, -0.15) is 4.98 Å². The summed E-state index contributed by atoms with van der Waals surface area (Å²) in [4.78, 5) is 8.68. The molecule has 0 unspecified atom stereocenters. The summed E-state index contributed by atoms with van der Waals surface area (Å²) in [7, 11) is -3.97. The van der Waals surface area contributed by atoms with Crippen LogP contribution in [0.1, 0.15) is 5.56 Å². The first-order valence-corrected chi connectivity index (χ1v) is 11.2. The van der Waals surface area contributed by atoms with E-state index in [2.05, 4.69) is 14.7 Å². The number of nitrogens with two attached hydrogens (primary N) is 2. The standard InChI is InChI=1S/C23H21N5O3S/c1-15-5-2-3-8-20(15)21-14-22(31-18-11-9-16(24)10-12-18)27-23(26-21)28-32(29,30)19-7-4-6-17(25)13-19/h2-14H,24-25H2,1H3,(H,26,27,28). The lowest BCUT2D eigenvalue weighted by Crippen LogP contribution is -2.15. The summed E-state index contributed by atoms with van der Waals surface area (Å²) >= 11 is 0. The maximum atomic E-state index is 12.9. The third-order valence-electron chi connectivity index (χ3n) is 4.62. The van der Waals surface area contributed by atoms with Crippen molar-refractivity contribution in [2.75, 3.05) is 16.2 Å². The van der Waals surface area contributed by atoms with Crippen molar-refractivity contribution < 1.29 is 13.2 Å². The molecule has 3 aromatic carbocycles. The number of nitrogen functional groups attached to an aromatic ring is 2. The van der Waals surface area contributed by atoms with Crippen LogP contribution in [0.2, 0.25) is 0 Å². The molecule has 1 aromatic heterocycles. The zero-order chi connectivity index (χ0) is 22.7. The summed E-state index contributed by atoms with van der Waals surface area (Å²) < 4.78 is 34.0. The van der Waals surface area contributed by atoms with Gasteiger partial charge in [-0.3, -0.25) is 0 Å². The Morgan fingerprint density at radius 3 is 2.31 bits per heavy atom. The monoisotopic (exact) mass is 447 g/mol. The van der Waals surface area contributed by atoms with E-state index in [9.17, 15) is 8.42 Å². The Hall–Kier alpha value is -4.11. The average molecular weight is 448 g/mol. The summed E-state index contributed by atoms with van der Waals surface area (Å²) in [5, 5.41) is 0. The molecule has 0 saturated carbocycles. The van der Waals surface area contributed by atoms with Crippen molar-refractivity contribution in [2.24, 2.45) is 0 Å². The van der Waals surface area contributed by atoms with Crippen LogP contribution >= 0.6 is 0 Å². The van der Waals surface area contributed by atoms with Crippen molar-refractivity contribution in [3.05, 3.63) is 84.4 Å². The fraction of sp³-hybridized carbons (Fsp3) is 0.0435. The van der Waals surface area contributed by atoms with Gasteiger partial charge in [-0.05, 0) is 55.0 Å².